The minimum atomic E-state index is -0.0414. The van der Waals surface area contributed by atoms with Crippen LogP contribution in [0.4, 0.5) is 11.4 Å². The highest BCUT2D eigenvalue weighted by atomic mass is 16.6. The summed E-state index contributed by atoms with van der Waals surface area (Å²) in [5.41, 5.74) is 17.7. The van der Waals surface area contributed by atoms with Gasteiger partial charge in [-0.05, 0) is 48.9 Å². The molecule has 4 N–H and O–H groups in total. The molecule has 1 aromatic rings. The molecule has 5 rings (SSSR count). The highest BCUT2D eigenvalue weighted by Gasteiger charge is 2.48. The Bertz CT molecular complexity index is 670. The summed E-state index contributed by atoms with van der Waals surface area (Å²) in [7, 11) is 0. The maximum absolute atomic E-state index is 6.32. The summed E-state index contributed by atoms with van der Waals surface area (Å²) in [4.78, 5) is 0. The maximum atomic E-state index is 6.32. The average Bonchev–Trinajstić information content (AvgIpc) is 3.45. The lowest BCUT2D eigenvalue weighted by molar-refractivity contribution is 0.231. The second-order valence-electron chi connectivity index (χ2n) is 8.45. The molecular formula is C20H28N2O4. The summed E-state index contributed by atoms with van der Waals surface area (Å²) < 4.78 is 22.5. The number of nitrogen functional groups attached to an aromatic ring is 2. The smallest absolute Gasteiger partial charge is 0.0850 e. The van der Waals surface area contributed by atoms with Crippen molar-refractivity contribution in [3.63, 3.8) is 0 Å². The van der Waals surface area contributed by atoms with Gasteiger partial charge in [0.1, 0.15) is 0 Å². The van der Waals surface area contributed by atoms with Crippen LogP contribution in [0.15, 0.2) is 6.07 Å². The number of rotatable bonds is 9. The van der Waals surface area contributed by atoms with Crippen molar-refractivity contribution in [3.05, 3.63) is 22.8 Å². The Kier molecular flexibility index (Phi) is 3.94. The molecule has 6 nitrogen and oxygen atoms in total. The Morgan fingerprint density at radius 1 is 0.885 bits per heavy atom. The zero-order chi connectivity index (χ0) is 17.9. The summed E-state index contributed by atoms with van der Waals surface area (Å²) in [5.74, 6) is 0. The zero-order valence-corrected chi connectivity index (χ0v) is 15.3. The number of nitrogens with two attached hydrogens (primary N) is 2. The lowest BCUT2D eigenvalue weighted by atomic mass is 9.67. The fraction of sp³-hybridized carbons (Fsp3) is 0.700. The van der Waals surface area contributed by atoms with Gasteiger partial charge in [-0.15, -0.1) is 0 Å². The van der Waals surface area contributed by atoms with Crippen LogP contribution in [0.3, 0.4) is 0 Å². The Balaban J connectivity index is 1.60. The van der Waals surface area contributed by atoms with E-state index in [1.807, 2.05) is 0 Å². The number of hydrogen-bond donors (Lipinski definition) is 2. The molecule has 142 valence electrons. The van der Waals surface area contributed by atoms with Crippen molar-refractivity contribution in [1.82, 2.24) is 0 Å². The van der Waals surface area contributed by atoms with Crippen LogP contribution in [-0.2, 0) is 30.8 Å². The first-order valence-corrected chi connectivity index (χ1v) is 9.68. The van der Waals surface area contributed by atoms with Gasteiger partial charge in [0.25, 0.3) is 0 Å². The first-order valence-electron chi connectivity index (χ1n) is 9.68. The molecule has 4 atom stereocenters. The van der Waals surface area contributed by atoms with Crippen molar-refractivity contribution < 1.29 is 18.9 Å². The Morgan fingerprint density at radius 3 is 1.77 bits per heavy atom. The molecule has 4 aliphatic rings. The van der Waals surface area contributed by atoms with E-state index in [2.05, 4.69) is 13.0 Å². The standard InChI is InChI=1S/C20H28N2O4/c1-11-16(2-12-7-23-12)17(3-18(21)19(11)22)20(4-13-8-24-13,5-14-9-25-14)6-15-10-26-15/h3,12-15H,2,4-10,21-22H2,1H3. The fourth-order valence-electron chi connectivity index (χ4n) is 4.50. The van der Waals surface area contributed by atoms with Gasteiger partial charge >= 0.3 is 0 Å². The molecule has 0 spiro atoms. The third-order valence-electron chi connectivity index (χ3n) is 6.26. The van der Waals surface area contributed by atoms with Crippen LogP contribution >= 0.6 is 0 Å². The normalized spacial score (nSPS) is 33.6. The molecular weight excluding hydrogens is 332 g/mol. The van der Waals surface area contributed by atoms with E-state index in [0.29, 0.717) is 35.8 Å². The van der Waals surface area contributed by atoms with Crippen molar-refractivity contribution >= 4 is 11.4 Å². The van der Waals surface area contributed by atoms with E-state index in [1.165, 1.54) is 11.1 Å². The molecule has 4 heterocycles. The minimum Gasteiger partial charge on any atom is -0.397 e. The number of ether oxygens (including phenoxy) is 4. The zero-order valence-electron chi connectivity index (χ0n) is 15.3. The summed E-state index contributed by atoms with van der Waals surface area (Å²) in [6, 6.07) is 2.12. The van der Waals surface area contributed by atoms with E-state index in [4.69, 9.17) is 30.4 Å². The van der Waals surface area contributed by atoms with Crippen molar-refractivity contribution in [3.8, 4) is 0 Å². The van der Waals surface area contributed by atoms with Crippen molar-refractivity contribution in [2.45, 2.75) is 62.4 Å². The van der Waals surface area contributed by atoms with Gasteiger partial charge in [-0.2, -0.15) is 0 Å². The predicted octanol–water partition coefficient (Wildman–Crippen LogP) is 1.71. The Labute approximate surface area is 154 Å². The van der Waals surface area contributed by atoms with E-state index in [1.54, 1.807) is 0 Å². The van der Waals surface area contributed by atoms with Crippen LogP contribution in [0.1, 0.15) is 36.0 Å². The van der Waals surface area contributed by atoms with Gasteiger partial charge in [0.15, 0.2) is 0 Å². The molecule has 4 saturated heterocycles. The molecule has 1 aromatic carbocycles. The van der Waals surface area contributed by atoms with Crippen molar-refractivity contribution in [1.29, 1.82) is 0 Å². The van der Waals surface area contributed by atoms with Crippen LogP contribution in [0, 0.1) is 6.92 Å². The second-order valence-corrected chi connectivity index (χ2v) is 8.45. The van der Waals surface area contributed by atoms with Crippen molar-refractivity contribution in [2.75, 3.05) is 37.9 Å². The topological polar surface area (TPSA) is 102 Å². The van der Waals surface area contributed by atoms with Gasteiger partial charge in [0, 0.05) is 11.8 Å². The third-order valence-corrected chi connectivity index (χ3v) is 6.26. The van der Waals surface area contributed by atoms with E-state index in [-0.39, 0.29) is 5.41 Å². The molecule has 26 heavy (non-hydrogen) atoms. The SMILES string of the molecule is Cc1c(N)c(N)cc(C(CC2CO2)(CC2CO2)CC2CO2)c1CC1CO1. The molecule has 0 amide bonds. The molecule has 0 aliphatic carbocycles. The largest absolute Gasteiger partial charge is 0.397 e. The van der Waals surface area contributed by atoms with Crippen LogP contribution in [0.2, 0.25) is 0 Å². The number of anilines is 2. The van der Waals surface area contributed by atoms with E-state index in [9.17, 15) is 0 Å². The number of benzene rings is 1. The van der Waals surface area contributed by atoms with Crippen LogP contribution in [0.25, 0.3) is 0 Å². The first-order chi connectivity index (χ1) is 12.5. The summed E-state index contributed by atoms with van der Waals surface area (Å²) in [6.45, 7) is 5.47. The maximum Gasteiger partial charge on any atom is 0.0850 e. The molecule has 4 unspecified atom stereocenters. The Morgan fingerprint density at radius 2 is 1.35 bits per heavy atom. The van der Waals surface area contributed by atoms with Gasteiger partial charge in [0.2, 0.25) is 0 Å². The monoisotopic (exact) mass is 360 g/mol. The predicted molar refractivity (Wildman–Crippen MR) is 98.2 cm³/mol. The third kappa shape index (κ3) is 3.43. The molecule has 4 fully saturated rings. The quantitative estimate of drug-likeness (QED) is 0.513. The average molecular weight is 360 g/mol. The van der Waals surface area contributed by atoms with Crippen LogP contribution < -0.4 is 11.5 Å². The molecule has 0 saturated carbocycles. The molecule has 4 aliphatic heterocycles. The molecule has 0 radical (unpaired) electrons. The summed E-state index contributed by atoms with van der Waals surface area (Å²) in [6.07, 6.45) is 5.18. The lowest BCUT2D eigenvalue weighted by Crippen LogP contribution is -2.34. The first kappa shape index (κ1) is 16.8. The summed E-state index contributed by atoms with van der Waals surface area (Å²) >= 11 is 0. The van der Waals surface area contributed by atoms with Crippen molar-refractivity contribution in [2.24, 2.45) is 0 Å². The van der Waals surface area contributed by atoms with Gasteiger partial charge in [-0.3, -0.25) is 0 Å². The second kappa shape index (κ2) is 6.09. The van der Waals surface area contributed by atoms with Crippen LogP contribution in [0.5, 0.6) is 0 Å². The highest BCUT2D eigenvalue weighted by molar-refractivity contribution is 5.72. The van der Waals surface area contributed by atoms with Crippen LogP contribution in [-0.4, -0.2) is 50.8 Å². The molecule has 0 bridgehead atoms. The van der Waals surface area contributed by atoms with Gasteiger partial charge in [0.05, 0.1) is 62.2 Å². The summed E-state index contributed by atoms with van der Waals surface area (Å²) in [5, 5.41) is 0. The number of hydrogen-bond acceptors (Lipinski definition) is 6. The van der Waals surface area contributed by atoms with E-state index < -0.39 is 0 Å². The number of epoxide rings is 4. The highest BCUT2D eigenvalue weighted by Crippen LogP contribution is 2.49. The molecule has 6 heteroatoms. The van der Waals surface area contributed by atoms with Gasteiger partial charge in [-0.25, -0.2) is 0 Å². The van der Waals surface area contributed by atoms with Gasteiger partial charge in [-0.1, -0.05) is 0 Å². The Hall–Kier alpha value is -1.34. The minimum absolute atomic E-state index is 0.0414. The lowest BCUT2D eigenvalue weighted by Gasteiger charge is -2.36. The van der Waals surface area contributed by atoms with E-state index in [0.717, 1.165) is 57.7 Å². The van der Waals surface area contributed by atoms with Gasteiger partial charge < -0.3 is 30.4 Å². The fourth-order valence-corrected chi connectivity index (χ4v) is 4.50. The molecule has 0 aromatic heterocycles. The van der Waals surface area contributed by atoms with E-state index >= 15 is 0 Å².